The number of hydrogen-bond donors (Lipinski definition) is 2. The van der Waals surface area contributed by atoms with Crippen molar-refractivity contribution >= 4 is 5.71 Å². The molecule has 0 atom stereocenters. The van der Waals surface area contributed by atoms with Gasteiger partial charge in [0.15, 0.2) is 0 Å². The van der Waals surface area contributed by atoms with Gasteiger partial charge in [-0.1, -0.05) is 18.5 Å². The van der Waals surface area contributed by atoms with Crippen molar-refractivity contribution in [1.82, 2.24) is 4.90 Å². The molecule has 0 radical (unpaired) electrons. The lowest BCUT2D eigenvalue weighted by atomic mass is 10.1. The van der Waals surface area contributed by atoms with Crippen LogP contribution in [0.2, 0.25) is 0 Å². The number of hydrogen-bond acceptors (Lipinski definition) is 4. The number of rotatable bonds is 3. The van der Waals surface area contributed by atoms with Gasteiger partial charge in [-0.05, 0) is 20.0 Å². The molecule has 1 aliphatic heterocycles. The molecule has 1 rings (SSSR count). The Balaban J connectivity index is 0.000000791. The molecule has 84 valence electrons. The quantitative estimate of drug-likeness (QED) is 0.534. The SMILES string of the molecule is CCCCN1CCC(=NO)CC1.CN. The Kier molecular flexibility index (Phi) is 8.57. The Hall–Kier alpha value is -0.610. The molecule has 0 saturated carbocycles. The smallest absolute Gasteiger partial charge is 0.0596 e. The molecule has 4 heteroatoms. The second-order valence-electron chi connectivity index (χ2n) is 3.36. The Labute approximate surface area is 86.8 Å². The van der Waals surface area contributed by atoms with Crippen LogP contribution in [-0.4, -0.2) is 42.5 Å². The summed E-state index contributed by atoms with van der Waals surface area (Å²) in [4.78, 5) is 2.44. The van der Waals surface area contributed by atoms with E-state index in [4.69, 9.17) is 5.21 Å². The zero-order valence-electron chi connectivity index (χ0n) is 9.37. The molecule has 0 aliphatic carbocycles. The maximum atomic E-state index is 8.52. The van der Waals surface area contributed by atoms with E-state index >= 15 is 0 Å². The first-order valence-corrected chi connectivity index (χ1v) is 5.36. The topological polar surface area (TPSA) is 61.8 Å². The molecule has 0 aromatic heterocycles. The minimum atomic E-state index is 0.945. The average molecular weight is 201 g/mol. The van der Waals surface area contributed by atoms with Gasteiger partial charge in [0.2, 0.25) is 0 Å². The highest BCUT2D eigenvalue weighted by Crippen LogP contribution is 2.07. The molecular weight excluding hydrogens is 178 g/mol. The largest absolute Gasteiger partial charge is 0.411 e. The van der Waals surface area contributed by atoms with Crippen molar-refractivity contribution in [2.24, 2.45) is 10.9 Å². The molecule has 0 bridgehead atoms. The summed E-state index contributed by atoms with van der Waals surface area (Å²) in [6, 6.07) is 0. The van der Waals surface area contributed by atoms with Gasteiger partial charge in [-0.3, -0.25) is 0 Å². The van der Waals surface area contributed by atoms with Gasteiger partial charge < -0.3 is 15.8 Å². The molecule has 0 aromatic rings. The van der Waals surface area contributed by atoms with Gasteiger partial charge in [-0.15, -0.1) is 0 Å². The fourth-order valence-corrected chi connectivity index (χ4v) is 1.52. The monoisotopic (exact) mass is 201 g/mol. The summed E-state index contributed by atoms with van der Waals surface area (Å²) in [5.41, 5.74) is 5.46. The van der Waals surface area contributed by atoms with Crippen molar-refractivity contribution in [2.75, 3.05) is 26.7 Å². The lowest BCUT2D eigenvalue weighted by Crippen LogP contribution is -2.34. The summed E-state index contributed by atoms with van der Waals surface area (Å²) in [5.74, 6) is 0. The Morgan fingerprint density at radius 2 is 1.93 bits per heavy atom. The van der Waals surface area contributed by atoms with Crippen molar-refractivity contribution in [3.05, 3.63) is 0 Å². The fourth-order valence-electron chi connectivity index (χ4n) is 1.52. The first-order valence-electron chi connectivity index (χ1n) is 5.36. The highest BCUT2D eigenvalue weighted by atomic mass is 16.4. The van der Waals surface area contributed by atoms with Crippen LogP contribution >= 0.6 is 0 Å². The summed E-state index contributed by atoms with van der Waals surface area (Å²) in [6.45, 7) is 5.55. The van der Waals surface area contributed by atoms with Crippen LogP contribution in [0.5, 0.6) is 0 Å². The van der Waals surface area contributed by atoms with E-state index in [-0.39, 0.29) is 0 Å². The first kappa shape index (κ1) is 13.4. The Morgan fingerprint density at radius 1 is 1.36 bits per heavy atom. The van der Waals surface area contributed by atoms with Gasteiger partial charge in [0, 0.05) is 25.9 Å². The predicted octanol–water partition coefficient (Wildman–Crippen LogP) is 1.29. The second kappa shape index (κ2) is 8.97. The molecule has 3 N–H and O–H groups in total. The van der Waals surface area contributed by atoms with Crippen LogP contribution in [0.15, 0.2) is 5.16 Å². The molecule has 0 amide bonds. The highest BCUT2D eigenvalue weighted by molar-refractivity contribution is 5.84. The molecule has 0 spiro atoms. The fraction of sp³-hybridized carbons (Fsp3) is 0.900. The van der Waals surface area contributed by atoms with E-state index < -0.39 is 0 Å². The molecule has 4 nitrogen and oxygen atoms in total. The number of unbranched alkanes of at least 4 members (excludes halogenated alkanes) is 1. The summed E-state index contributed by atoms with van der Waals surface area (Å²) in [7, 11) is 1.50. The van der Waals surface area contributed by atoms with Crippen LogP contribution < -0.4 is 5.73 Å². The number of piperidine rings is 1. The molecule has 14 heavy (non-hydrogen) atoms. The molecular formula is C10H23N3O. The van der Waals surface area contributed by atoms with E-state index in [0.29, 0.717) is 0 Å². The molecule has 1 aliphatic rings. The van der Waals surface area contributed by atoms with E-state index in [2.05, 4.69) is 22.7 Å². The molecule has 0 unspecified atom stereocenters. The van der Waals surface area contributed by atoms with E-state index in [9.17, 15) is 0 Å². The highest BCUT2D eigenvalue weighted by Gasteiger charge is 2.13. The van der Waals surface area contributed by atoms with Crippen molar-refractivity contribution < 1.29 is 5.21 Å². The van der Waals surface area contributed by atoms with E-state index in [1.807, 2.05) is 0 Å². The van der Waals surface area contributed by atoms with Gasteiger partial charge in [0.1, 0.15) is 0 Å². The number of nitrogens with two attached hydrogens (primary N) is 1. The minimum Gasteiger partial charge on any atom is -0.411 e. The van der Waals surface area contributed by atoms with Gasteiger partial charge >= 0.3 is 0 Å². The third-order valence-electron chi connectivity index (χ3n) is 2.40. The third kappa shape index (κ3) is 5.19. The predicted molar refractivity (Wildman–Crippen MR) is 59.9 cm³/mol. The third-order valence-corrected chi connectivity index (χ3v) is 2.40. The van der Waals surface area contributed by atoms with Crippen molar-refractivity contribution in [1.29, 1.82) is 0 Å². The lowest BCUT2D eigenvalue weighted by molar-refractivity contribution is 0.260. The number of likely N-dealkylation sites (tertiary alicyclic amines) is 1. The zero-order chi connectivity index (χ0) is 10.8. The maximum absolute atomic E-state index is 8.52. The summed E-state index contributed by atoms with van der Waals surface area (Å²) >= 11 is 0. The zero-order valence-corrected chi connectivity index (χ0v) is 9.37. The first-order chi connectivity index (χ1) is 6.86. The lowest BCUT2D eigenvalue weighted by Gasteiger charge is -2.26. The Bertz CT molecular complexity index is 149. The van der Waals surface area contributed by atoms with Crippen LogP contribution in [0, 0.1) is 0 Å². The summed E-state index contributed by atoms with van der Waals surface area (Å²) < 4.78 is 0. The van der Waals surface area contributed by atoms with E-state index in [0.717, 1.165) is 31.6 Å². The average Bonchev–Trinajstić information content (AvgIpc) is 2.30. The molecule has 1 saturated heterocycles. The molecule has 1 heterocycles. The molecule has 0 aromatic carbocycles. The van der Waals surface area contributed by atoms with Crippen LogP contribution in [0.25, 0.3) is 0 Å². The van der Waals surface area contributed by atoms with Crippen LogP contribution in [-0.2, 0) is 0 Å². The minimum absolute atomic E-state index is 0.945. The van der Waals surface area contributed by atoms with E-state index in [1.165, 1.54) is 26.4 Å². The van der Waals surface area contributed by atoms with Crippen molar-refractivity contribution in [3.63, 3.8) is 0 Å². The van der Waals surface area contributed by atoms with Crippen molar-refractivity contribution in [2.45, 2.75) is 32.6 Å². The standard InChI is InChI=1S/C9H18N2O.CH5N/c1-2-3-6-11-7-4-9(10-12)5-8-11;1-2/h12H,2-8H2,1H3;2H2,1H3. The van der Waals surface area contributed by atoms with Crippen LogP contribution in [0.4, 0.5) is 0 Å². The van der Waals surface area contributed by atoms with Gasteiger partial charge in [0.25, 0.3) is 0 Å². The Morgan fingerprint density at radius 3 is 2.36 bits per heavy atom. The molecule has 1 fully saturated rings. The normalized spacial score (nSPS) is 17.2. The number of oxime groups is 1. The summed E-state index contributed by atoms with van der Waals surface area (Å²) in [5, 5.41) is 11.8. The van der Waals surface area contributed by atoms with Gasteiger partial charge in [0.05, 0.1) is 5.71 Å². The van der Waals surface area contributed by atoms with Crippen molar-refractivity contribution in [3.8, 4) is 0 Å². The maximum Gasteiger partial charge on any atom is 0.0596 e. The number of nitrogens with zero attached hydrogens (tertiary/aromatic N) is 2. The van der Waals surface area contributed by atoms with Crippen LogP contribution in [0.1, 0.15) is 32.6 Å². The summed E-state index contributed by atoms with van der Waals surface area (Å²) in [6.07, 6.45) is 4.43. The van der Waals surface area contributed by atoms with E-state index in [1.54, 1.807) is 0 Å². The van der Waals surface area contributed by atoms with Crippen LogP contribution in [0.3, 0.4) is 0 Å². The second-order valence-corrected chi connectivity index (χ2v) is 3.36. The van der Waals surface area contributed by atoms with Gasteiger partial charge in [-0.2, -0.15) is 0 Å². The van der Waals surface area contributed by atoms with Gasteiger partial charge in [-0.25, -0.2) is 0 Å².